The maximum absolute atomic E-state index is 10.7. The average molecular weight is 292 g/mol. The van der Waals surface area contributed by atoms with Crippen LogP contribution in [-0.2, 0) is 6.61 Å². The molecule has 1 aromatic heterocycles. The summed E-state index contributed by atoms with van der Waals surface area (Å²) >= 11 is 0. The molecule has 3 aromatic rings. The van der Waals surface area contributed by atoms with Gasteiger partial charge in [-0.15, -0.1) is 0 Å². The molecule has 0 amide bonds. The molecule has 3 nitrogen and oxygen atoms in total. The van der Waals surface area contributed by atoms with E-state index in [-0.39, 0.29) is 0 Å². The molecule has 22 heavy (non-hydrogen) atoms. The van der Waals surface area contributed by atoms with E-state index in [9.17, 15) is 4.79 Å². The second kappa shape index (κ2) is 6.31. The van der Waals surface area contributed by atoms with E-state index in [4.69, 9.17) is 9.15 Å². The molecule has 0 spiro atoms. The van der Waals surface area contributed by atoms with Crippen molar-refractivity contribution in [2.45, 2.75) is 13.5 Å². The van der Waals surface area contributed by atoms with Gasteiger partial charge in [0.15, 0.2) is 12.0 Å². The van der Waals surface area contributed by atoms with E-state index in [1.807, 2.05) is 55.5 Å². The summed E-state index contributed by atoms with van der Waals surface area (Å²) in [4.78, 5) is 10.7. The second-order valence-corrected chi connectivity index (χ2v) is 5.07. The summed E-state index contributed by atoms with van der Waals surface area (Å²) in [7, 11) is 0. The molecular formula is C19H16O3. The van der Waals surface area contributed by atoms with Crippen molar-refractivity contribution in [1.29, 1.82) is 0 Å². The van der Waals surface area contributed by atoms with Gasteiger partial charge < -0.3 is 9.15 Å². The minimum Gasteiger partial charge on any atom is -0.489 e. The van der Waals surface area contributed by atoms with Gasteiger partial charge in [-0.1, -0.05) is 30.3 Å². The fraction of sp³-hybridized carbons (Fsp3) is 0.105. The number of aryl methyl sites for hydroxylation is 1. The van der Waals surface area contributed by atoms with Gasteiger partial charge in [0, 0.05) is 5.56 Å². The van der Waals surface area contributed by atoms with Crippen LogP contribution >= 0.6 is 0 Å². The van der Waals surface area contributed by atoms with Crippen molar-refractivity contribution in [2.24, 2.45) is 0 Å². The zero-order valence-corrected chi connectivity index (χ0v) is 12.3. The molecule has 3 heteroatoms. The molecule has 0 bridgehead atoms. The molecule has 0 unspecified atom stereocenters. The molecule has 0 aliphatic rings. The number of furan rings is 1. The van der Waals surface area contributed by atoms with Gasteiger partial charge in [-0.3, -0.25) is 4.79 Å². The third-order valence-electron chi connectivity index (χ3n) is 3.44. The zero-order valence-electron chi connectivity index (χ0n) is 12.3. The molecule has 0 radical (unpaired) electrons. The van der Waals surface area contributed by atoms with Gasteiger partial charge in [-0.2, -0.15) is 0 Å². The summed E-state index contributed by atoms with van der Waals surface area (Å²) in [5, 5.41) is 0. The topological polar surface area (TPSA) is 39.4 Å². The second-order valence-electron chi connectivity index (χ2n) is 5.07. The molecule has 0 saturated carbocycles. The summed E-state index contributed by atoms with van der Waals surface area (Å²) in [6, 6.07) is 19.4. The van der Waals surface area contributed by atoms with Crippen molar-refractivity contribution in [3.63, 3.8) is 0 Å². The Morgan fingerprint density at radius 1 is 1.05 bits per heavy atom. The standard InChI is InChI=1S/C19H16O3/c1-14-11-16(19-10-8-17(12-20)22-19)7-9-18(14)21-13-15-5-3-2-4-6-15/h2-12H,13H2,1H3. The van der Waals surface area contributed by atoms with E-state index < -0.39 is 0 Å². The van der Waals surface area contributed by atoms with E-state index in [1.54, 1.807) is 12.1 Å². The highest BCUT2D eigenvalue weighted by Crippen LogP contribution is 2.27. The van der Waals surface area contributed by atoms with Crippen molar-refractivity contribution >= 4 is 6.29 Å². The smallest absolute Gasteiger partial charge is 0.185 e. The first-order chi connectivity index (χ1) is 10.8. The minimum absolute atomic E-state index is 0.331. The molecule has 0 aliphatic carbocycles. The van der Waals surface area contributed by atoms with E-state index in [2.05, 4.69) is 0 Å². The number of hydrogen-bond donors (Lipinski definition) is 0. The highest BCUT2D eigenvalue weighted by Gasteiger charge is 2.07. The third-order valence-corrected chi connectivity index (χ3v) is 3.44. The van der Waals surface area contributed by atoms with Crippen molar-refractivity contribution < 1.29 is 13.9 Å². The summed E-state index contributed by atoms with van der Waals surface area (Å²) in [6.07, 6.45) is 0.702. The van der Waals surface area contributed by atoms with Gasteiger partial charge in [0.2, 0.25) is 0 Å². The van der Waals surface area contributed by atoms with Crippen LogP contribution in [-0.4, -0.2) is 6.29 Å². The average Bonchev–Trinajstić information content (AvgIpc) is 3.04. The molecule has 0 fully saturated rings. The Morgan fingerprint density at radius 2 is 1.86 bits per heavy atom. The Kier molecular flexibility index (Phi) is 4.05. The van der Waals surface area contributed by atoms with E-state index >= 15 is 0 Å². The van der Waals surface area contributed by atoms with Gasteiger partial charge in [0.1, 0.15) is 18.1 Å². The van der Waals surface area contributed by atoms with Crippen LogP contribution in [0.1, 0.15) is 21.7 Å². The number of carbonyl (C=O) groups is 1. The summed E-state index contributed by atoms with van der Waals surface area (Å²) in [5.74, 6) is 1.85. The van der Waals surface area contributed by atoms with E-state index in [1.165, 1.54) is 0 Å². The van der Waals surface area contributed by atoms with Crippen LogP contribution < -0.4 is 4.74 Å². The van der Waals surface area contributed by atoms with Crippen LogP contribution in [0.5, 0.6) is 5.75 Å². The normalized spacial score (nSPS) is 10.4. The van der Waals surface area contributed by atoms with Crippen LogP contribution in [0.2, 0.25) is 0 Å². The van der Waals surface area contributed by atoms with Crippen LogP contribution in [0.25, 0.3) is 11.3 Å². The Morgan fingerprint density at radius 3 is 2.55 bits per heavy atom. The van der Waals surface area contributed by atoms with Gasteiger partial charge in [0.05, 0.1) is 0 Å². The largest absolute Gasteiger partial charge is 0.489 e. The molecule has 3 rings (SSSR count). The third kappa shape index (κ3) is 3.09. The van der Waals surface area contributed by atoms with E-state index in [0.717, 1.165) is 22.4 Å². The molecule has 0 N–H and O–H groups in total. The lowest BCUT2D eigenvalue weighted by atomic mass is 10.1. The number of ether oxygens (including phenoxy) is 1. The predicted octanol–water partition coefficient (Wildman–Crippen LogP) is 4.65. The first-order valence-electron chi connectivity index (χ1n) is 7.09. The predicted molar refractivity (Wildman–Crippen MR) is 85.0 cm³/mol. The molecule has 0 atom stereocenters. The van der Waals surface area contributed by atoms with Crippen LogP contribution in [0.4, 0.5) is 0 Å². The van der Waals surface area contributed by atoms with Crippen LogP contribution in [0.3, 0.4) is 0 Å². The summed E-state index contributed by atoms with van der Waals surface area (Å²) < 4.78 is 11.3. The maximum atomic E-state index is 10.7. The monoisotopic (exact) mass is 292 g/mol. The molecular weight excluding hydrogens is 276 g/mol. The number of aldehydes is 1. The van der Waals surface area contributed by atoms with Crippen LogP contribution in [0.15, 0.2) is 65.1 Å². The minimum atomic E-state index is 0.331. The number of benzene rings is 2. The lowest BCUT2D eigenvalue weighted by Gasteiger charge is -2.10. The van der Waals surface area contributed by atoms with Gasteiger partial charge in [0.25, 0.3) is 0 Å². The van der Waals surface area contributed by atoms with Crippen molar-refractivity contribution in [2.75, 3.05) is 0 Å². The summed E-state index contributed by atoms with van der Waals surface area (Å²) in [5.41, 5.74) is 3.09. The Hall–Kier alpha value is -2.81. The highest BCUT2D eigenvalue weighted by atomic mass is 16.5. The van der Waals surface area contributed by atoms with Gasteiger partial charge in [-0.05, 0) is 48.4 Å². The van der Waals surface area contributed by atoms with Crippen molar-refractivity contribution in [3.05, 3.63) is 77.6 Å². The Labute approximate surface area is 129 Å². The Bertz CT molecular complexity index is 772. The Balaban J connectivity index is 1.76. The number of carbonyl (C=O) groups excluding carboxylic acids is 1. The highest BCUT2D eigenvalue weighted by molar-refractivity contribution is 5.73. The van der Waals surface area contributed by atoms with Crippen molar-refractivity contribution in [3.8, 4) is 17.1 Å². The SMILES string of the molecule is Cc1cc(-c2ccc(C=O)o2)ccc1OCc1ccccc1. The van der Waals surface area contributed by atoms with Gasteiger partial charge in [-0.25, -0.2) is 0 Å². The lowest BCUT2D eigenvalue weighted by Crippen LogP contribution is -1.96. The first kappa shape index (κ1) is 14.1. The molecule has 0 saturated heterocycles. The molecule has 0 aliphatic heterocycles. The zero-order chi connectivity index (χ0) is 15.4. The lowest BCUT2D eigenvalue weighted by molar-refractivity contribution is 0.110. The van der Waals surface area contributed by atoms with Crippen molar-refractivity contribution in [1.82, 2.24) is 0 Å². The van der Waals surface area contributed by atoms with E-state index in [0.29, 0.717) is 24.4 Å². The number of hydrogen-bond acceptors (Lipinski definition) is 3. The molecule has 2 aromatic carbocycles. The van der Waals surface area contributed by atoms with Crippen LogP contribution in [0, 0.1) is 6.92 Å². The fourth-order valence-corrected chi connectivity index (χ4v) is 2.27. The number of rotatable bonds is 5. The van der Waals surface area contributed by atoms with Gasteiger partial charge >= 0.3 is 0 Å². The molecule has 1 heterocycles. The quantitative estimate of drug-likeness (QED) is 0.643. The fourth-order valence-electron chi connectivity index (χ4n) is 2.27. The molecule has 110 valence electrons. The summed E-state index contributed by atoms with van der Waals surface area (Å²) in [6.45, 7) is 2.53. The first-order valence-corrected chi connectivity index (χ1v) is 7.09. The maximum Gasteiger partial charge on any atom is 0.185 e.